The Morgan fingerprint density at radius 1 is 1.00 bits per heavy atom. The number of hydrogen-bond donors (Lipinski definition) is 0. The van der Waals surface area contributed by atoms with Gasteiger partial charge in [-0.15, -0.1) is 71.5 Å². The van der Waals surface area contributed by atoms with Crippen molar-refractivity contribution in [2.45, 2.75) is 41.0 Å². The van der Waals surface area contributed by atoms with Gasteiger partial charge < -0.3 is 6.92 Å². The summed E-state index contributed by atoms with van der Waals surface area (Å²) in [5, 5.41) is 5.39. The Labute approximate surface area is 210 Å². The van der Waals surface area contributed by atoms with E-state index in [9.17, 15) is 0 Å². The zero-order valence-corrected chi connectivity index (χ0v) is 23.3. The third kappa shape index (κ3) is 9.39. The van der Waals surface area contributed by atoms with Crippen molar-refractivity contribution in [1.29, 1.82) is 0 Å². The molecule has 0 bridgehead atoms. The van der Waals surface area contributed by atoms with Crippen molar-refractivity contribution >= 4 is 63.3 Å². The Hall–Kier alpha value is -0.409. The van der Waals surface area contributed by atoms with Gasteiger partial charge in [0.2, 0.25) is 0 Å². The monoisotopic (exact) mass is 512 g/mol. The van der Waals surface area contributed by atoms with Gasteiger partial charge in [-0.25, -0.2) is 5.57 Å². The van der Waals surface area contributed by atoms with Gasteiger partial charge in [-0.2, -0.15) is 17.6 Å². The fourth-order valence-corrected chi connectivity index (χ4v) is 3.07. The van der Waals surface area contributed by atoms with E-state index in [-0.39, 0.29) is 41.6 Å². The van der Waals surface area contributed by atoms with E-state index < -0.39 is 0 Å². The second kappa shape index (κ2) is 17.2. The van der Waals surface area contributed by atoms with E-state index in [1.165, 1.54) is 38.3 Å². The summed E-state index contributed by atoms with van der Waals surface area (Å²) in [6.45, 7) is 14.2. The summed E-state index contributed by atoms with van der Waals surface area (Å²) in [5.74, 6) is 0.560. The third-order valence-electron chi connectivity index (χ3n) is 4.76. The topological polar surface area (TPSA) is 0 Å². The standard InChI is InChI=1S/C13H9.C9H13.C3H7.3ClH.Si.Ti/c1-3-7-12-10(5-1)9-11-6-2-4-8-13(11)12;1-6-5-7(2)9(4)8(6)3;1-3-2;;;;;/h1-9H;6H,1-4H3;1,3H2,2H3;3*1H;;/q3*-1;;;;;+1/p-1. The first-order chi connectivity index (χ1) is 13.4. The number of hydrogen-bond acceptors (Lipinski definition) is 0. The van der Waals surface area contributed by atoms with Crippen LogP contribution in [-0.2, 0) is 16.8 Å². The Morgan fingerprint density at radius 2 is 1.37 bits per heavy atom. The molecule has 30 heavy (non-hydrogen) atoms. The Bertz CT molecular complexity index is 907. The third-order valence-corrected chi connectivity index (χ3v) is 4.76. The van der Waals surface area contributed by atoms with E-state index in [4.69, 9.17) is 9.30 Å². The Morgan fingerprint density at radius 3 is 1.63 bits per heavy atom. The van der Waals surface area contributed by atoms with Crippen LogP contribution in [0.4, 0.5) is 0 Å². The van der Waals surface area contributed by atoms with E-state index in [1.54, 1.807) is 0 Å². The molecule has 0 nitrogen and oxygen atoms in total. The van der Waals surface area contributed by atoms with Gasteiger partial charge in [0, 0.05) is 0 Å². The number of fused-ring (bicyclic) bond motifs is 3. The zero-order valence-electron chi connectivity index (χ0n) is 18.4. The van der Waals surface area contributed by atoms with Gasteiger partial charge in [-0.1, -0.05) is 70.0 Å². The minimum Gasteiger partial charge on any atom is -0.126 e. The molecule has 0 amide bonds. The largest absolute Gasteiger partial charge is 0.126 e. The van der Waals surface area contributed by atoms with Crippen molar-refractivity contribution in [3.63, 3.8) is 0 Å². The molecule has 0 fully saturated rings. The molecule has 3 aromatic carbocycles. The SMILES string of the molecule is CC1=[C-]C(C)C(C)=C1C.Cl.Cl.[CH2-]CC.[Si]=[Ti][Cl].c1ccc2c(c1)[cH-]c1ccccc12. The molecule has 1 aliphatic rings. The van der Waals surface area contributed by atoms with Crippen molar-refractivity contribution in [1.82, 2.24) is 0 Å². The second-order valence-corrected chi connectivity index (χ2v) is 10.1. The quantitative estimate of drug-likeness (QED) is 0.208. The molecule has 0 heterocycles. The molecule has 3 aromatic rings. The molecule has 0 aromatic heterocycles. The van der Waals surface area contributed by atoms with E-state index in [0.29, 0.717) is 5.92 Å². The van der Waals surface area contributed by atoms with Crippen molar-refractivity contribution in [2.75, 3.05) is 0 Å². The van der Waals surface area contributed by atoms with E-state index in [2.05, 4.69) is 103 Å². The van der Waals surface area contributed by atoms with Crippen LogP contribution in [0.25, 0.3) is 21.5 Å². The normalized spacial score (nSPS) is 13.8. The molecule has 0 saturated carbocycles. The predicted octanol–water partition coefficient (Wildman–Crippen LogP) is 8.81. The van der Waals surface area contributed by atoms with Gasteiger partial charge in [0.1, 0.15) is 0 Å². The summed E-state index contributed by atoms with van der Waals surface area (Å²) in [6.07, 6.45) is 4.36. The molecule has 5 heteroatoms. The maximum atomic E-state index is 5.04. The van der Waals surface area contributed by atoms with Crippen LogP contribution in [-0.4, -0.2) is 7.63 Å². The maximum Gasteiger partial charge on any atom is -0.0771 e. The minimum absolute atomic E-state index is 0. The first-order valence-electron chi connectivity index (χ1n) is 9.53. The summed E-state index contributed by atoms with van der Waals surface area (Å²) in [7, 11) is 8.11. The molecular weight excluding hydrogens is 483 g/mol. The molecule has 1 aliphatic carbocycles. The first kappa shape index (κ1) is 31.8. The average molecular weight is 514 g/mol. The van der Waals surface area contributed by atoms with Gasteiger partial charge in [-0.05, 0) is 0 Å². The van der Waals surface area contributed by atoms with Gasteiger partial charge in [0.15, 0.2) is 0 Å². The fraction of sp³-hybridized carbons (Fsp3) is 0.280. The molecule has 0 spiro atoms. The van der Waals surface area contributed by atoms with Crippen LogP contribution in [0.2, 0.25) is 0 Å². The predicted molar refractivity (Wildman–Crippen MR) is 139 cm³/mol. The smallest absolute Gasteiger partial charge is 0.0771 e. The zero-order chi connectivity index (χ0) is 21.1. The molecule has 4 rings (SSSR count). The molecule has 1 unspecified atom stereocenters. The van der Waals surface area contributed by atoms with Gasteiger partial charge in [0.05, 0.1) is 0 Å². The van der Waals surface area contributed by atoms with Crippen LogP contribution >= 0.6 is 34.1 Å². The molecule has 0 saturated heterocycles. The van der Waals surface area contributed by atoms with Crippen LogP contribution in [0.5, 0.6) is 0 Å². The number of benzene rings is 2. The Balaban J connectivity index is 0. The Kier molecular flexibility index (Phi) is 18.2. The molecule has 163 valence electrons. The van der Waals surface area contributed by atoms with E-state index in [0.717, 1.165) is 6.42 Å². The van der Waals surface area contributed by atoms with Gasteiger partial charge in [0.25, 0.3) is 0 Å². The van der Waals surface area contributed by atoms with Crippen LogP contribution in [0.3, 0.4) is 0 Å². The number of halogens is 3. The summed E-state index contributed by atoms with van der Waals surface area (Å²) < 4.78 is 0. The average Bonchev–Trinajstić information content (AvgIpc) is 3.16. The molecule has 0 N–H and O–H groups in total. The molecule has 0 aliphatic heterocycles. The fourth-order valence-electron chi connectivity index (χ4n) is 3.07. The summed E-state index contributed by atoms with van der Waals surface area (Å²) in [5.41, 5.74) is 4.25. The van der Waals surface area contributed by atoms with E-state index in [1.807, 2.05) is 6.92 Å². The van der Waals surface area contributed by atoms with Crippen molar-refractivity contribution in [3.05, 3.63) is 84.3 Å². The van der Waals surface area contributed by atoms with Crippen LogP contribution in [0.15, 0.2) is 71.3 Å². The molecule has 2 radical (unpaired) electrons. The summed E-state index contributed by atoms with van der Waals surface area (Å²) >= 11 is -0.222. The number of allylic oxidation sites excluding steroid dienone is 4. The van der Waals surface area contributed by atoms with Gasteiger partial charge in [-0.3, -0.25) is 6.08 Å². The molecular formula is C25H31Cl3SiTi-3. The van der Waals surface area contributed by atoms with Crippen LogP contribution in [0, 0.1) is 18.9 Å². The maximum absolute atomic E-state index is 5.04. The summed E-state index contributed by atoms with van der Waals surface area (Å²) in [4.78, 5) is 0. The van der Waals surface area contributed by atoms with Gasteiger partial charge >= 0.3 is 33.8 Å². The summed E-state index contributed by atoms with van der Waals surface area (Å²) in [6, 6.07) is 19.3. The first-order valence-corrected chi connectivity index (χ1v) is 14.5. The van der Waals surface area contributed by atoms with Crippen LogP contribution in [0.1, 0.15) is 41.0 Å². The second-order valence-electron chi connectivity index (χ2n) is 6.71. The van der Waals surface area contributed by atoms with Crippen molar-refractivity contribution in [3.8, 4) is 0 Å². The van der Waals surface area contributed by atoms with Crippen molar-refractivity contribution < 1.29 is 16.8 Å². The van der Waals surface area contributed by atoms with E-state index >= 15 is 0 Å². The van der Waals surface area contributed by atoms with Crippen molar-refractivity contribution in [2.24, 2.45) is 5.92 Å². The number of rotatable bonds is 0. The van der Waals surface area contributed by atoms with Crippen LogP contribution < -0.4 is 0 Å². The minimum atomic E-state index is -0.222. The molecule has 1 atom stereocenters.